The zero-order valence-corrected chi connectivity index (χ0v) is 11.5. The fourth-order valence-corrected chi connectivity index (χ4v) is 2.07. The molecule has 0 aliphatic carbocycles. The van der Waals surface area contributed by atoms with Crippen LogP contribution in [0.15, 0.2) is 60.9 Å². The van der Waals surface area contributed by atoms with E-state index in [1.54, 1.807) is 17.0 Å². The van der Waals surface area contributed by atoms with Gasteiger partial charge in [0.15, 0.2) is 11.6 Å². The van der Waals surface area contributed by atoms with Gasteiger partial charge in [-0.15, -0.1) is 10.2 Å². The first kappa shape index (κ1) is 13.7. The van der Waals surface area contributed by atoms with Crippen molar-refractivity contribution in [2.24, 2.45) is 0 Å². The van der Waals surface area contributed by atoms with Gasteiger partial charge in [0.05, 0.1) is 0 Å². The fourth-order valence-electron chi connectivity index (χ4n) is 2.07. The molecule has 1 aromatic carbocycles. The first-order valence-corrected chi connectivity index (χ1v) is 6.58. The molecule has 0 unspecified atom stereocenters. The van der Waals surface area contributed by atoms with Crippen LogP contribution in [0.1, 0.15) is 5.82 Å². The van der Waals surface area contributed by atoms with Crippen molar-refractivity contribution in [1.29, 1.82) is 0 Å². The van der Waals surface area contributed by atoms with Gasteiger partial charge >= 0.3 is 5.97 Å². The molecule has 6 nitrogen and oxygen atoms in total. The van der Waals surface area contributed by atoms with Crippen LogP contribution in [0, 0.1) is 0 Å². The second kappa shape index (κ2) is 6.01. The quantitative estimate of drug-likeness (QED) is 0.747. The number of pyridine rings is 1. The van der Waals surface area contributed by atoms with Crippen molar-refractivity contribution in [3.63, 3.8) is 0 Å². The maximum atomic E-state index is 10.7. The predicted molar refractivity (Wildman–Crippen MR) is 81.3 cm³/mol. The molecule has 3 rings (SSSR count). The molecule has 0 spiro atoms. The number of hydrogen-bond acceptors (Lipinski definition) is 4. The number of aromatic nitrogens is 4. The number of rotatable bonds is 4. The lowest BCUT2D eigenvalue weighted by Crippen LogP contribution is -2.00. The van der Waals surface area contributed by atoms with Gasteiger partial charge in [-0.2, -0.15) is 0 Å². The van der Waals surface area contributed by atoms with E-state index in [4.69, 9.17) is 5.11 Å². The molecule has 22 heavy (non-hydrogen) atoms. The van der Waals surface area contributed by atoms with Gasteiger partial charge in [0.25, 0.3) is 0 Å². The van der Waals surface area contributed by atoms with E-state index in [1.807, 2.05) is 42.5 Å². The van der Waals surface area contributed by atoms with Crippen molar-refractivity contribution < 1.29 is 9.90 Å². The lowest BCUT2D eigenvalue weighted by Gasteiger charge is -2.08. The molecule has 0 bridgehead atoms. The number of benzene rings is 1. The van der Waals surface area contributed by atoms with Gasteiger partial charge in [-0.05, 0) is 30.3 Å². The van der Waals surface area contributed by atoms with Crippen LogP contribution in [0.3, 0.4) is 0 Å². The number of carboxylic acid groups (broad SMARTS) is 1. The molecule has 0 radical (unpaired) electrons. The molecule has 2 heterocycles. The third-order valence-corrected chi connectivity index (χ3v) is 3.02. The van der Waals surface area contributed by atoms with Crippen LogP contribution in [0.25, 0.3) is 23.2 Å². The Morgan fingerprint density at radius 2 is 1.77 bits per heavy atom. The number of hydrogen-bond donors (Lipinski definition) is 1. The second-order valence-electron chi connectivity index (χ2n) is 4.46. The number of carbonyl (C=O) groups is 1. The van der Waals surface area contributed by atoms with E-state index in [0.717, 1.165) is 17.3 Å². The summed E-state index contributed by atoms with van der Waals surface area (Å²) in [5.41, 5.74) is 1.70. The van der Waals surface area contributed by atoms with Gasteiger partial charge in [-0.3, -0.25) is 9.55 Å². The summed E-state index contributed by atoms with van der Waals surface area (Å²) in [6, 6.07) is 13.2. The van der Waals surface area contributed by atoms with Crippen LogP contribution in [0.2, 0.25) is 0 Å². The highest BCUT2D eigenvalue weighted by Crippen LogP contribution is 2.22. The molecular weight excluding hydrogens is 280 g/mol. The van der Waals surface area contributed by atoms with Gasteiger partial charge in [0.2, 0.25) is 0 Å². The van der Waals surface area contributed by atoms with E-state index in [0.29, 0.717) is 11.6 Å². The van der Waals surface area contributed by atoms with E-state index in [2.05, 4.69) is 15.2 Å². The largest absolute Gasteiger partial charge is 0.478 e. The summed E-state index contributed by atoms with van der Waals surface area (Å²) < 4.78 is 1.80. The molecule has 0 amide bonds. The summed E-state index contributed by atoms with van der Waals surface area (Å²) in [5.74, 6) is 0.0344. The summed E-state index contributed by atoms with van der Waals surface area (Å²) >= 11 is 0. The molecule has 3 aromatic rings. The second-order valence-corrected chi connectivity index (χ2v) is 4.46. The minimum absolute atomic E-state index is 0.445. The first-order chi connectivity index (χ1) is 10.8. The molecule has 0 aliphatic rings. The molecule has 0 atom stereocenters. The zero-order valence-electron chi connectivity index (χ0n) is 11.5. The van der Waals surface area contributed by atoms with Gasteiger partial charge in [0, 0.05) is 29.7 Å². The van der Waals surface area contributed by atoms with Crippen molar-refractivity contribution in [3.05, 3.63) is 66.8 Å². The molecular formula is C16H12N4O2. The lowest BCUT2D eigenvalue weighted by atomic mass is 10.2. The summed E-state index contributed by atoms with van der Waals surface area (Å²) in [7, 11) is 0. The van der Waals surface area contributed by atoms with E-state index >= 15 is 0 Å². The van der Waals surface area contributed by atoms with Crippen molar-refractivity contribution >= 4 is 12.0 Å². The number of nitrogens with zero attached hydrogens (tertiary/aromatic N) is 4. The summed E-state index contributed by atoms with van der Waals surface area (Å²) in [6.45, 7) is 0. The molecule has 108 valence electrons. The van der Waals surface area contributed by atoms with E-state index < -0.39 is 5.97 Å². The van der Waals surface area contributed by atoms with E-state index in [-0.39, 0.29) is 0 Å². The molecule has 0 saturated carbocycles. The minimum atomic E-state index is -1.03. The Kier molecular flexibility index (Phi) is 3.74. The average Bonchev–Trinajstić information content (AvgIpc) is 2.98. The van der Waals surface area contributed by atoms with Crippen LogP contribution in [0.5, 0.6) is 0 Å². The third-order valence-electron chi connectivity index (χ3n) is 3.02. The topological polar surface area (TPSA) is 80.9 Å². The van der Waals surface area contributed by atoms with Crippen LogP contribution >= 0.6 is 0 Å². The van der Waals surface area contributed by atoms with Gasteiger partial charge < -0.3 is 5.11 Å². The maximum absolute atomic E-state index is 10.7. The molecule has 0 fully saturated rings. The minimum Gasteiger partial charge on any atom is -0.478 e. The van der Waals surface area contributed by atoms with Crippen LogP contribution < -0.4 is 0 Å². The van der Waals surface area contributed by atoms with Crippen molar-refractivity contribution in [2.75, 3.05) is 0 Å². The lowest BCUT2D eigenvalue weighted by molar-refractivity contribution is -0.131. The Labute approximate surface area is 126 Å². The Balaban J connectivity index is 2.18. The zero-order chi connectivity index (χ0) is 15.4. The molecule has 2 aromatic heterocycles. The van der Waals surface area contributed by atoms with Gasteiger partial charge in [0.1, 0.15) is 0 Å². The van der Waals surface area contributed by atoms with Gasteiger partial charge in [-0.1, -0.05) is 18.2 Å². The predicted octanol–water partition coefficient (Wildman–Crippen LogP) is 2.43. The van der Waals surface area contributed by atoms with Gasteiger partial charge in [-0.25, -0.2) is 4.79 Å². The van der Waals surface area contributed by atoms with E-state index in [1.165, 1.54) is 6.08 Å². The average molecular weight is 292 g/mol. The Bertz CT molecular complexity index is 811. The van der Waals surface area contributed by atoms with Crippen LogP contribution in [-0.4, -0.2) is 30.8 Å². The molecule has 0 saturated heterocycles. The van der Waals surface area contributed by atoms with Crippen molar-refractivity contribution in [1.82, 2.24) is 19.7 Å². The number of carboxylic acids is 1. The smallest absolute Gasteiger partial charge is 0.328 e. The normalized spacial score (nSPS) is 10.9. The fraction of sp³-hybridized carbons (Fsp3) is 0. The van der Waals surface area contributed by atoms with E-state index in [9.17, 15) is 4.79 Å². The Hall–Kier alpha value is -3.28. The first-order valence-electron chi connectivity index (χ1n) is 6.58. The van der Waals surface area contributed by atoms with Crippen LogP contribution in [-0.2, 0) is 4.79 Å². The number of aliphatic carboxylic acids is 1. The SMILES string of the molecule is O=C(O)/C=C/c1nnc(-c2ccncc2)n1-c1ccccc1. The highest BCUT2D eigenvalue weighted by Gasteiger charge is 2.13. The summed E-state index contributed by atoms with van der Waals surface area (Å²) in [5, 5.41) is 17.1. The highest BCUT2D eigenvalue weighted by atomic mass is 16.4. The summed E-state index contributed by atoms with van der Waals surface area (Å²) in [4.78, 5) is 14.7. The van der Waals surface area contributed by atoms with Crippen LogP contribution in [0.4, 0.5) is 0 Å². The maximum Gasteiger partial charge on any atom is 0.328 e. The standard InChI is InChI=1S/C16H12N4O2/c21-15(22)7-6-14-18-19-16(12-8-10-17-11-9-12)20(14)13-4-2-1-3-5-13/h1-11H,(H,21,22)/b7-6+. The highest BCUT2D eigenvalue weighted by molar-refractivity contribution is 5.84. The molecule has 0 aliphatic heterocycles. The summed E-state index contributed by atoms with van der Waals surface area (Å²) in [6.07, 6.45) is 5.81. The molecule has 1 N–H and O–H groups in total. The molecule has 6 heteroatoms. The monoisotopic (exact) mass is 292 g/mol. The van der Waals surface area contributed by atoms with Crippen molar-refractivity contribution in [2.45, 2.75) is 0 Å². The third kappa shape index (κ3) is 2.76. The Morgan fingerprint density at radius 1 is 1.05 bits per heavy atom. The Morgan fingerprint density at radius 3 is 2.45 bits per heavy atom. The number of para-hydroxylation sites is 1. The van der Waals surface area contributed by atoms with Crippen molar-refractivity contribution in [3.8, 4) is 17.1 Å².